The van der Waals surface area contributed by atoms with Crippen molar-refractivity contribution in [1.29, 1.82) is 0 Å². The average molecular weight is 486 g/mol. The third-order valence-corrected chi connectivity index (χ3v) is 7.16. The predicted molar refractivity (Wildman–Crippen MR) is 131 cm³/mol. The van der Waals surface area contributed by atoms with E-state index in [1.807, 2.05) is 47.1 Å². The van der Waals surface area contributed by atoms with Crippen LogP contribution < -0.4 is 5.32 Å². The number of nitrogens with one attached hydrogen (secondary N) is 1. The molecule has 9 heteroatoms. The Bertz CT molecular complexity index is 1020. The number of thiophene rings is 1. The summed E-state index contributed by atoms with van der Waals surface area (Å²) in [6.45, 7) is 7.21. The van der Waals surface area contributed by atoms with Gasteiger partial charge in [-0.2, -0.15) is 0 Å². The van der Waals surface area contributed by atoms with Crippen molar-refractivity contribution in [2.24, 2.45) is 0 Å². The van der Waals surface area contributed by atoms with Gasteiger partial charge in [0.25, 0.3) is 5.91 Å². The molecule has 0 bridgehead atoms. The van der Waals surface area contributed by atoms with Crippen LogP contribution in [0.4, 0.5) is 5.00 Å². The number of amides is 2. The second-order valence-corrected chi connectivity index (χ2v) is 9.70. The lowest BCUT2D eigenvalue weighted by Crippen LogP contribution is -2.52. The van der Waals surface area contributed by atoms with Crippen molar-refractivity contribution in [3.63, 3.8) is 0 Å². The lowest BCUT2D eigenvalue weighted by molar-refractivity contribution is -0.142. The van der Waals surface area contributed by atoms with Gasteiger partial charge < -0.3 is 19.7 Å². The van der Waals surface area contributed by atoms with Crippen LogP contribution in [0.15, 0.2) is 30.3 Å². The van der Waals surface area contributed by atoms with Gasteiger partial charge in [-0.25, -0.2) is 4.79 Å². The minimum atomic E-state index is -0.442. The quantitative estimate of drug-likeness (QED) is 0.606. The van der Waals surface area contributed by atoms with E-state index >= 15 is 0 Å². The topological polar surface area (TPSA) is 88.2 Å². The monoisotopic (exact) mass is 485 g/mol. The fourth-order valence-corrected chi connectivity index (χ4v) is 5.54. The molecule has 0 unspecified atom stereocenters. The molecule has 1 aromatic heterocycles. The van der Waals surface area contributed by atoms with Gasteiger partial charge >= 0.3 is 5.97 Å². The summed E-state index contributed by atoms with van der Waals surface area (Å²) >= 11 is 1.38. The predicted octanol–water partition coefficient (Wildman–Crippen LogP) is 3.16. The lowest BCUT2D eigenvalue weighted by atomic mass is 10.0. The van der Waals surface area contributed by atoms with Gasteiger partial charge in [-0.1, -0.05) is 30.3 Å². The van der Waals surface area contributed by atoms with Crippen molar-refractivity contribution in [3.05, 3.63) is 40.8 Å². The molecule has 0 radical (unpaired) electrons. The highest BCUT2D eigenvalue weighted by molar-refractivity contribution is 7.17. The van der Waals surface area contributed by atoms with E-state index in [2.05, 4.69) is 5.32 Å². The number of aryl methyl sites for hydroxylation is 1. The van der Waals surface area contributed by atoms with Gasteiger partial charge in [0.05, 0.1) is 13.2 Å². The molecule has 2 aromatic rings. The van der Waals surface area contributed by atoms with Crippen LogP contribution in [0.3, 0.4) is 0 Å². The summed E-state index contributed by atoms with van der Waals surface area (Å²) < 4.78 is 10.8. The molecule has 34 heavy (non-hydrogen) atoms. The van der Waals surface area contributed by atoms with Crippen LogP contribution in [0.2, 0.25) is 0 Å². The van der Waals surface area contributed by atoms with Crippen molar-refractivity contribution in [3.8, 4) is 11.1 Å². The Kier molecular flexibility index (Phi) is 7.97. The zero-order valence-corrected chi connectivity index (χ0v) is 20.5. The summed E-state index contributed by atoms with van der Waals surface area (Å²) in [6.07, 6.45) is 1.41. The fourth-order valence-electron chi connectivity index (χ4n) is 4.45. The molecule has 0 spiro atoms. The molecule has 2 fully saturated rings. The number of rotatable bonds is 7. The van der Waals surface area contributed by atoms with Crippen LogP contribution in [0, 0.1) is 6.92 Å². The number of carbonyl (C=O) groups excluding carboxylic acids is 3. The average Bonchev–Trinajstić information content (AvgIpc) is 3.48. The summed E-state index contributed by atoms with van der Waals surface area (Å²) in [5.41, 5.74) is 2.10. The largest absolute Gasteiger partial charge is 0.462 e. The maximum atomic E-state index is 12.9. The van der Waals surface area contributed by atoms with Gasteiger partial charge in [0.2, 0.25) is 5.91 Å². The highest BCUT2D eigenvalue weighted by Gasteiger charge is 2.31. The highest BCUT2D eigenvalue weighted by atomic mass is 32.1. The summed E-state index contributed by atoms with van der Waals surface area (Å²) in [5.74, 6) is -0.573. The number of anilines is 1. The number of ether oxygens (including phenoxy) is 2. The van der Waals surface area contributed by atoms with E-state index < -0.39 is 5.97 Å². The molecule has 0 saturated carbocycles. The first-order chi connectivity index (χ1) is 16.5. The number of hydrogen-bond donors (Lipinski definition) is 1. The number of nitrogens with zero attached hydrogens (tertiary/aromatic N) is 2. The SMILES string of the molecule is CCOC(=O)c1c(NC(=O)CN2CCN(C(=O)[C@@H]3CCCO3)CC2)sc(C)c1-c1ccccc1. The summed E-state index contributed by atoms with van der Waals surface area (Å²) in [7, 11) is 0. The van der Waals surface area contributed by atoms with Gasteiger partial charge in [-0.15, -0.1) is 11.3 Å². The summed E-state index contributed by atoms with van der Waals surface area (Å²) in [5, 5.41) is 3.45. The Morgan fingerprint density at radius 1 is 1.15 bits per heavy atom. The van der Waals surface area contributed by atoms with Crippen LogP contribution in [0.1, 0.15) is 35.0 Å². The second kappa shape index (κ2) is 11.1. The summed E-state index contributed by atoms with van der Waals surface area (Å²) in [4.78, 5) is 43.1. The van der Waals surface area contributed by atoms with Crippen molar-refractivity contribution >= 4 is 34.1 Å². The molecule has 2 saturated heterocycles. The smallest absolute Gasteiger partial charge is 0.341 e. The number of hydrogen-bond acceptors (Lipinski definition) is 7. The zero-order chi connectivity index (χ0) is 24.1. The van der Waals surface area contributed by atoms with Gasteiger partial charge in [0.1, 0.15) is 16.7 Å². The van der Waals surface area contributed by atoms with E-state index in [9.17, 15) is 14.4 Å². The zero-order valence-electron chi connectivity index (χ0n) is 19.7. The molecule has 3 heterocycles. The fraction of sp³-hybridized carbons (Fsp3) is 0.480. The molecule has 2 amide bonds. The Morgan fingerprint density at radius 3 is 2.53 bits per heavy atom. The minimum absolute atomic E-state index is 0.0585. The second-order valence-electron chi connectivity index (χ2n) is 8.48. The number of esters is 1. The van der Waals surface area contributed by atoms with Gasteiger partial charge in [0, 0.05) is 43.2 Å². The van der Waals surface area contributed by atoms with E-state index in [1.165, 1.54) is 11.3 Å². The standard InChI is InChI=1S/C25H31N3O5S/c1-3-32-25(31)22-21(18-8-5-4-6-9-18)17(2)34-23(22)26-20(29)16-27-11-13-28(14-12-27)24(30)19-10-7-15-33-19/h4-6,8-9,19H,3,7,10-16H2,1-2H3,(H,26,29)/t19-/m0/s1. The van der Waals surface area contributed by atoms with E-state index in [4.69, 9.17) is 9.47 Å². The Balaban J connectivity index is 1.41. The first-order valence-corrected chi connectivity index (χ1v) is 12.6. The van der Waals surface area contributed by atoms with E-state index in [-0.39, 0.29) is 31.1 Å². The normalized spacial score (nSPS) is 18.6. The third kappa shape index (κ3) is 5.48. The van der Waals surface area contributed by atoms with Crippen LogP contribution in [-0.2, 0) is 19.1 Å². The van der Waals surface area contributed by atoms with Gasteiger partial charge in [-0.3, -0.25) is 14.5 Å². The molecule has 1 N–H and O–H groups in total. The maximum absolute atomic E-state index is 12.9. The molecular weight excluding hydrogens is 454 g/mol. The molecule has 2 aliphatic rings. The van der Waals surface area contributed by atoms with Crippen molar-refractivity contribution in [1.82, 2.24) is 9.80 Å². The highest BCUT2D eigenvalue weighted by Crippen LogP contribution is 2.40. The lowest BCUT2D eigenvalue weighted by Gasteiger charge is -2.35. The summed E-state index contributed by atoms with van der Waals surface area (Å²) in [6, 6.07) is 9.65. The minimum Gasteiger partial charge on any atom is -0.462 e. The first-order valence-electron chi connectivity index (χ1n) is 11.8. The molecular formula is C25H31N3O5S. The van der Waals surface area contributed by atoms with Crippen LogP contribution in [0.5, 0.6) is 0 Å². The third-order valence-electron chi connectivity index (χ3n) is 6.14. The molecule has 1 atom stereocenters. The van der Waals surface area contributed by atoms with E-state index in [1.54, 1.807) is 6.92 Å². The molecule has 2 aliphatic heterocycles. The molecule has 0 aliphatic carbocycles. The van der Waals surface area contributed by atoms with Crippen molar-refractivity contribution in [2.75, 3.05) is 51.3 Å². The van der Waals surface area contributed by atoms with Crippen LogP contribution in [0.25, 0.3) is 11.1 Å². The molecule has 8 nitrogen and oxygen atoms in total. The van der Waals surface area contributed by atoms with Gasteiger partial charge in [0.15, 0.2) is 0 Å². The number of piperazine rings is 1. The Hall–Kier alpha value is -2.75. The van der Waals surface area contributed by atoms with E-state index in [0.29, 0.717) is 43.4 Å². The van der Waals surface area contributed by atoms with Crippen molar-refractivity contribution in [2.45, 2.75) is 32.8 Å². The number of benzene rings is 1. The maximum Gasteiger partial charge on any atom is 0.341 e. The van der Waals surface area contributed by atoms with Crippen LogP contribution >= 0.6 is 11.3 Å². The first kappa shape index (κ1) is 24.4. The number of carbonyl (C=O) groups is 3. The van der Waals surface area contributed by atoms with E-state index in [0.717, 1.165) is 28.8 Å². The molecule has 1 aromatic carbocycles. The molecule has 182 valence electrons. The Morgan fingerprint density at radius 2 is 1.88 bits per heavy atom. The van der Waals surface area contributed by atoms with Crippen molar-refractivity contribution < 1.29 is 23.9 Å². The molecule has 4 rings (SSSR count). The van der Waals surface area contributed by atoms with Crippen LogP contribution in [-0.4, -0.2) is 79.6 Å². The van der Waals surface area contributed by atoms with Gasteiger partial charge in [-0.05, 0) is 32.3 Å². The Labute approximate surface area is 203 Å².